The van der Waals surface area contributed by atoms with Crippen LogP contribution in [-0.4, -0.2) is 22.3 Å². The van der Waals surface area contributed by atoms with E-state index in [0.29, 0.717) is 10.7 Å². The fraction of sp³-hybridized carbons (Fsp3) is 0. The van der Waals surface area contributed by atoms with Crippen molar-refractivity contribution < 1.29 is 9.90 Å². The smallest absolute Gasteiger partial charge is 0.336 e. The van der Waals surface area contributed by atoms with Crippen molar-refractivity contribution in [2.24, 2.45) is 5.10 Å². The molecule has 0 amide bonds. The van der Waals surface area contributed by atoms with Gasteiger partial charge in [-0.05, 0) is 6.07 Å². The number of nitrogens with one attached hydrogen (secondary N) is 1. The summed E-state index contributed by atoms with van der Waals surface area (Å²) in [6, 6.07) is 16.6. The molecule has 0 fully saturated rings. The van der Waals surface area contributed by atoms with Gasteiger partial charge in [-0.25, -0.2) is 9.78 Å². The van der Waals surface area contributed by atoms with E-state index in [1.807, 2.05) is 35.7 Å². The third-order valence-electron chi connectivity index (χ3n) is 3.13. The van der Waals surface area contributed by atoms with Gasteiger partial charge in [-0.3, -0.25) is 5.43 Å². The average molecular weight is 323 g/mol. The molecule has 0 bridgehead atoms. The highest BCUT2D eigenvalue weighted by molar-refractivity contribution is 7.14. The number of hydrogen-bond donors (Lipinski definition) is 2. The molecule has 23 heavy (non-hydrogen) atoms. The highest BCUT2D eigenvalue weighted by atomic mass is 32.1. The highest BCUT2D eigenvalue weighted by Crippen LogP contribution is 2.24. The molecule has 3 rings (SSSR count). The van der Waals surface area contributed by atoms with Crippen LogP contribution in [0.5, 0.6) is 0 Å². The highest BCUT2D eigenvalue weighted by Gasteiger charge is 2.07. The zero-order chi connectivity index (χ0) is 16.1. The number of carboxylic acid groups (broad SMARTS) is 1. The predicted molar refractivity (Wildman–Crippen MR) is 92.2 cm³/mol. The SMILES string of the molecule is O=C(O)c1ccccc1C=NNc1nc(-c2ccccc2)cs1. The summed E-state index contributed by atoms with van der Waals surface area (Å²) in [5.41, 5.74) is 5.49. The van der Waals surface area contributed by atoms with E-state index in [0.717, 1.165) is 11.3 Å². The zero-order valence-electron chi connectivity index (χ0n) is 12.0. The fourth-order valence-corrected chi connectivity index (χ4v) is 2.70. The maximum Gasteiger partial charge on any atom is 0.336 e. The average Bonchev–Trinajstić information content (AvgIpc) is 3.05. The number of carboxylic acids is 1. The maximum atomic E-state index is 11.1. The summed E-state index contributed by atoms with van der Waals surface area (Å²) in [5, 5.41) is 15.8. The quantitative estimate of drug-likeness (QED) is 0.550. The number of nitrogens with zero attached hydrogens (tertiary/aromatic N) is 2. The van der Waals surface area contributed by atoms with E-state index in [4.69, 9.17) is 5.11 Å². The summed E-state index contributed by atoms with van der Waals surface area (Å²) in [4.78, 5) is 15.6. The van der Waals surface area contributed by atoms with E-state index in [-0.39, 0.29) is 5.56 Å². The maximum absolute atomic E-state index is 11.1. The molecule has 1 heterocycles. The van der Waals surface area contributed by atoms with Gasteiger partial charge in [0.25, 0.3) is 0 Å². The minimum atomic E-state index is -0.979. The summed E-state index contributed by atoms with van der Waals surface area (Å²) < 4.78 is 0. The van der Waals surface area contributed by atoms with Gasteiger partial charge in [0.2, 0.25) is 5.13 Å². The molecule has 2 aromatic carbocycles. The first-order valence-corrected chi connectivity index (χ1v) is 7.74. The van der Waals surface area contributed by atoms with Crippen LogP contribution in [0.15, 0.2) is 65.1 Å². The summed E-state index contributed by atoms with van der Waals surface area (Å²) in [6.07, 6.45) is 1.48. The lowest BCUT2D eigenvalue weighted by Gasteiger charge is -1.99. The Labute approximate surface area is 137 Å². The van der Waals surface area contributed by atoms with Gasteiger partial charge in [0.15, 0.2) is 0 Å². The minimum absolute atomic E-state index is 0.210. The number of hydrazone groups is 1. The summed E-state index contributed by atoms with van der Waals surface area (Å²) >= 11 is 1.44. The van der Waals surface area contributed by atoms with E-state index >= 15 is 0 Å². The Bertz CT molecular complexity index is 844. The van der Waals surface area contributed by atoms with Crippen molar-refractivity contribution in [1.82, 2.24) is 4.98 Å². The monoisotopic (exact) mass is 323 g/mol. The number of benzene rings is 2. The summed E-state index contributed by atoms with van der Waals surface area (Å²) in [5.74, 6) is -0.979. The molecule has 0 aliphatic carbocycles. The minimum Gasteiger partial charge on any atom is -0.478 e. The zero-order valence-corrected chi connectivity index (χ0v) is 12.8. The molecule has 0 aliphatic heterocycles. The van der Waals surface area contributed by atoms with E-state index in [1.54, 1.807) is 24.3 Å². The van der Waals surface area contributed by atoms with Gasteiger partial charge in [-0.1, -0.05) is 48.5 Å². The van der Waals surface area contributed by atoms with Crippen LogP contribution in [0, 0.1) is 0 Å². The largest absolute Gasteiger partial charge is 0.478 e. The van der Waals surface area contributed by atoms with E-state index in [1.165, 1.54) is 17.6 Å². The van der Waals surface area contributed by atoms with E-state index in [2.05, 4.69) is 15.5 Å². The second-order valence-electron chi connectivity index (χ2n) is 4.67. The van der Waals surface area contributed by atoms with E-state index in [9.17, 15) is 4.79 Å². The third-order valence-corrected chi connectivity index (χ3v) is 3.88. The molecule has 0 atom stereocenters. The van der Waals surface area contributed by atoms with Gasteiger partial charge in [-0.2, -0.15) is 5.10 Å². The first kappa shape index (κ1) is 14.9. The number of anilines is 1. The number of rotatable bonds is 5. The second-order valence-corrected chi connectivity index (χ2v) is 5.52. The first-order valence-electron chi connectivity index (χ1n) is 6.86. The molecule has 0 spiro atoms. The molecular weight excluding hydrogens is 310 g/mol. The summed E-state index contributed by atoms with van der Waals surface area (Å²) in [7, 11) is 0. The Morgan fingerprint density at radius 1 is 1.13 bits per heavy atom. The lowest BCUT2D eigenvalue weighted by molar-refractivity contribution is 0.0697. The van der Waals surface area contributed by atoms with Crippen LogP contribution in [0.1, 0.15) is 15.9 Å². The predicted octanol–water partition coefficient (Wildman–Crippen LogP) is 3.95. The van der Waals surface area contributed by atoms with E-state index < -0.39 is 5.97 Å². The van der Waals surface area contributed by atoms with Crippen LogP contribution in [0.2, 0.25) is 0 Å². The molecular formula is C17H13N3O2S. The van der Waals surface area contributed by atoms with Crippen molar-refractivity contribution in [1.29, 1.82) is 0 Å². The van der Waals surface area contributed by atoms with Crippen LogP contribution in [-0.2, 0) is 0 Å². The Morgan fingerprint density at radius 3 is 2.65 bits per heavy atom. The van der Waals surface area contributed by atoms with Gasteiger partial charge in [0, 0.05) is 16.5 Å². The molecule has 5 nitrogen and oxygen atoms in total. The standard InChI is InChI=1S/C17H13N3O2S/c21-16(22)14-9-5-4-8-13(14)10-18-20-17-19-15(11-23-17)12-6-2-1-3-7-12/h1-11H,(H,19,20)(H,21,22). The van der Waals surface area contributed by atoms with Crippen molar-refractivity contribution in [2.45, 2.75) is 0 Å². The van der Waals surface area contributed by atoms with Gasteiger partial charge in [-0.15, -0.1) is 11.3 Å². The van der Waals surface area contributed by atoms with Crippen molar-refractivity contribution in [3.05, 3.63) is 71.1 Å². The molecule has 2 N–H and O–H groups in total. The van der Waals surface area contributed by atoms with Crippen molar-refractivity contribution >= 4 is 28.7 Å². The Morgan fingerprint density at radius 2 is 1.87 bits per heavy atom. The number of carbonyl (C=O) groups is 1. The molecule has 0 radical (unpaired) electrons. The van der Waals surface area contributed by atoms with Crippen molar-refractivity contribution in [3.8, 4) is 11.3 Å². The van der Waals surface area contributed by atoms with Crippen LogP contribution in [0.25, 0.3) is 11.3 Å². The number of hydrogen-bond acceptors (Lipinski definition) is 5. The second kappa shape index (κ2) is 6.85. The topological polar surface area (TPSA) is 74.6 Å². The normalized spacial score (nSPS) is 10.8. The Balaban J connectivity index is 1.72. The van der Waals surface area contributed by atoms with Gasteiger partial charge >= 0.3 is 5.97 Å². The number of thiazole rings is 1. The van der Waals surface area contributed by atoms with Crippen LogP contribution in [0.4, 0.5) is 5.13 Å². The molecule has 0 aliphatic rings. The summed E-state index contributed by atoms with van der Waals surface area (Å²) in [6.45, 7) is 0. The lowest BCUT2D eigenvalue weighted by atomic mass is 10.1. The number of aromatic carboxylic acids is 1. The van der Waals surface area contributed by atoms with Gasteiger partial charge in [0.05, 0.1) is 17.5 Å². The van der Waals surface area contributed by atoms with Gasteiger partial charge in [0.1, 0.15) is 0 Å². The number of aromatic nitrogens is 1. The Hall–Kier alpha value is -2.99. The molecule has 0 saturated heterocycles. The van der Waals surface area contributed by atoms with Crippen LogP contribution >= 0.6 is 11.3 Å². The third kappa shape index (κ3) is 3.61. The molecule has 3 aromatic rings. The molecule has 114 valence electrons. The van der Waals surface area contributed by atoms with Crippen LogP contribution in [0.3, 0.4) is 0 Å². The van der Waals surface area contributed by atoms with Crippen molar-refractivity contribution in [2.75, 3.05) is 5.43 Å². The molecule has 6 heteroatoms. The van der Waals surface area contributed by atoms with Crippen molar-refractivity contribution in [3.63, 3.8) is 0 Å². The first-order chi connectivity index (χ1) is 11.2. The van der Waals surface area contributed by atoms with Crippen LogP contribution < -0.4 is 5.43 Å². The van der Waals surface area contributed by atoms with Gasteiger partial charge < -0.3 is 5.11 Å². The molecule has 1 aromatic heterocycles. The fourth-order valence-electron chi connectivity index (χ4n) is 2.03. The molecule has 0 unspecified atom stereocenters. The molecule has 0 saturated carbocycles. The Kier molecular flexibility index (Phi) is 4.44. The lowest BCUT2D eigenvalue weighted by Crippen LogP contribution is -2.02.